The van der Waals surface area contributed by atoms with E-state index in [9.17, 15) is 9.59 Å². The third kappa shape index (κ3) is 5.66. The van der Waals surface area contributed by atoms with Crippen molar-refractivity contribution in [3.63, 3.8) is 0 Å². The van der Waals surface area contributed by atoms with E-state index in [0.29, 0.717) is 18.7 Å². The van der Waals surface area contributed by atoms with Crippen LogP contribution < -0.4 is 10.1 Å². The molecular weight excluding hydrogens is 320 g/mol. The fourth-order valence-electron chi connectivity index (χ4n) is 2.70. The van der Waals surface area contributed by atoms with Crippen LogP contribution in [0.1, 0.15) is 45.2 Å². The Balaban J connectivity index is 2.00. The van der Waals surface area contributed by atoms with E-state index in [1.54, 1.807) is 7.05 Å². The summed E-state index contributed by atoms with van der Waals surface area (Å²) in [7, 11) is 1.70. The molecule has 2 rings (SSSR count). The number of rotatable bonds is 3. The summed E-state index contributed by atoms with van der Waals surface area (Å²) in [5.74, 6) is 0.530. The zero-order valence-electron chi connectivity index (χ0n) is 15.7. The number of alkyl carbamates (subject to hydrolysis) is 1. The Morgan fingerprint density at radius 2 is 2.00 bits per heavy atom. The van der Waals surface area contributed by atoms with Crippen LogP contribution in [0.2, 0.25) is 0 Å². The maximum atomic E-state index is 12.0. The van der Waals surface area contributed by atoms with E-state index in [1.807, 2.05) is 45.9 Å². The lowest BCUT2D eigenvalue weighted by Crippen LogP contribution is -2.41. The van der Waals surface area contributed by atoms with E-state index < -0.39 is 11.7 Å². The second kappa shape index (κ2) is 7.76. The average molecular weight is 348 g/mol. The molecule has 0 aliphatic heterocycles. The maximum absolute atomic E-state index is 12.0. The summed E-state index contributed by atoms with van der Waals surface area (Å²) in [5.41, 5.74) is 1.81. The molecule has 1 aromatic rings. The van der Waals surface area contributed by atoms with Gasteiger partial charge in [0.15, 0.2) is 0 Å². The first-order valence-corrected chi connectivity index (χ1v) is 8.72. The van der Waals surface area contributed by atoms with E-state index >= 15 is 0 Å². The molecule has 6 heteroatoms. The molecule has 6 nitrogen and oxygen atoms in total. The van der Waals surface area contributed by atoms with Gasteiger partial charge in [0.05, 0.1) is 0 Å². The zero-order chi connectivity index (χ0) is 18.6. The highest BCUT2D eigenvalue weighted by Crippen LogP contribution is 2.26. The van der Waals surface area contributed by atoms with E-state index in [-0.39, 0.29) is 12.1 Å². The first-order valence-electron chi connectivity index (χ1n) is 8.72. The minimum Gasteiger partial charge on any atom is -0.444 e. The van der Waals surface area contributed by atoms with Gasteiger partial charge in [-0.05, 0) is 70.2 Å². The predicted molar refractivity (Wildman–Crippen MR) is 96.0 cm³/mol. The molecule has 0 saturated carbocycles. The van der Waals surface area contributed by atoms with Gasteiger partial charge in [0.25, 0.3) is 0 Å². The minimum atomic E-state index is -0.511. The summed E-state index contributed by atoms with van der Waals surface area (Å²) < 4.78 is 10.7. The monoisotopic (exact) mass is 348 g/mol. The molecule has 1 N–H and O–H groups in total. The number of nitrogens with one attached hydrogen (secondary N) is 1. The number of ether oxygens (including phenoxy) is 2. The second-order valence-electron chi connectivity index (χ2n) is 7.40. The van der Waals surface area contributed by atoms with Crippen LogP contribution in [0.5, 0.6) is 5.75 Å². The lowest BCUT2D eigenvalue weighted by Gasteiger charge is -2.27. The van der Waals surface area contributed by atoms with Crippen molar-refractivity contribution < 1.29 is 19.1 Å². The van der Waals surface area contributed by atoms with Gasteiger partial charge in [-0.15, -0.1) is 0 Å². The van der Waals surface area contributed by atoms with Crippen molar-refractivity contribution in [3.05, 3.63) is 29.3 Å². The Labute approximate surface area is 149 Å². The van der Waals surface area contributed by atoms with Gasteiger partial charge in [0.1, 0.15) is 11.4 Å². The summed E-state index contributed by atoms with van der Waals surface area (Å²) in [6.45, 7) is 8.01. The molecule has 0 aromatic heterocycles. The number of amides is 2. The molecule has 1 unspecified atom stereocenters. The normalized spacial score (nSPS) is 16.6. The third-order valence-electron chi connectivity index (χ3n) is 4.12. The van der Waals surface area contributed by atoms with E-state index in [2.05, 4.69) is 5.32 Å². The van der Waals surface area contributed by atoms with Gasteiger partial charge < -0.3 is 19.7 Å². The Hall–Kier alpha value is -2.24. The highest BCUT2D eigenvalue weighted by molar-refractivity contribution is 5.70. The molecule has 1 aromatic carbocycles. The lowest BCUT2D eigenvalue weighted by molar-refractivity contribution is 0.0500. The largest absolute Gasteiger partial charge is 0.444 e. The number of nitrogens with zero attached hydrogens (tertiary/aromatic N) is 1. The van der Waals surface area contributed by atoms with Gasteiger partial charge in [-0.3, -0.25) is 0 Å². The molecule has 0 fully saturated rings. The van der Waals surface area contributed by atoms with Crippen LogP contribution in [-0.4, -0.2) is 42.3 Å². The van der Waals surface area contributed by atoms with E-state index in [1.165, 1.54) is 10.5 Å². The molecule has 0 bridgehead atoms. The van der Waals surface area contributed by atoms with E-state index in [4.69, 9.17) is 9.47 Å². The van der Waals surface area contributed by atoms with Crippen LogP contribution in [0.15, 0.2) is 18.2 Å². The van der Waals surface area contributed by atoms with Gasteiger partial charge in [-0.1, -0.05) is 6.07 Å². The van der Waals surface area contributed by atoms with E-state index in [0.717, 1.165) is 18.4 Å². The molecule has 1 aliphatic rings. The highest BCUT2D eigenvalue weighted by atomic mass is 16.6. The number of hydrogen-bond acceptors (Lipinski definition) is 4. The summed E-state index contributed by atoms with van der Waals surface area (Å²) in [6, 6.07) is 5.72. The van der Waals surface area contributed by atoms with Crippen molar-refractivity contribution in [2.45, 2.75) is 58.6 Å². The van der Waals surface area contributed by atoms with Crippen molar-refractivity contribution in [1.29, 1.82) is 0 Å². The number of benzene rings is 1. The Bertz CT molecular complexity index is 637. The minimum absolute atomic E-state index is 0.0200. The van der Waals surface area contributed by atoms with Crippen molar-refractivity contribution in [1.82, 2.24) is 10.2 Å². The quantitative estimate of drug-likeness (QED) is 0.907. The molecule has 1 aliphatic carbocycles. The van der Waals surface area contributed by atoms with Crippen molar-refractivity contribution >= 4 is 12.2 Å². The molecule has 2 amide bonds. The number of aryl methyl sites for hydroxylation is 1. The Morgan fingerprint density at radius 1 is 1.28 bits per heavy atom. The summed E-state index contributed by atoms with van der Waals surface area (Å²) in [6.07, 6.45) is 1.67. The number of carbonyl (C=O) groups excluding carboxylic acids is 2. The molecule has 0 spiro atoms. The van der Waals surface area contributed by atoms with Crippen LogP contribution in [0.4, 0.5) is 9.59 Å². The fraction of sp³-hybridized carbons (Fsp3) is 0.579. The summed E-state index contributed by atoms with van der Waals surface area (Å²) in [4.78, 5) is 25.3. The smallest absolute Gasteiger partial charge is 0.414 e. The summed E-state index contributed by atoms with van der Waals surface area (Å²) >= 11 is 0. The number of hydrogen-bond donors (Lipinski definition) is 1. The topological polar surface area (TPSA) is 67.9 Å². The first kappa shape index (κ1) is 19.1. The molecule has 0 radical (unpaired) electrons. The molecule has 25 heavy (non-hydrogen) atoms. The van der Waals surface area contributed by atoms with Crippen LogP contribution in [0, 0.1) is 0 Å². The fourth-order valence-corrected chi connectivity index (χ4v) is 2.70. The molecule has 0 heterocycles. The van der Waals surface area contributed by atoms with Crippen LogP contribution in [0.25, 0.3) is 0 Å². The first-order chi connectivity index (χ1) is 11.7. The Morgan fingerprint density at radius 3 is 2.64 bits per heavy atom. The molecule has 1 atom stereocenters. The van der Waals surface area contributed by atoms with Crippen LogP contribution >= 0.6 is 0 Å². The standard InChI is InChI=1S/C19H28N2O4/c1-6-21(5)18(23)24-16-10-8-13-7-9-15(11-14(13)12-16)20-17(22)25-19(2,3)4/h8,10,12,15H,6-7,9,11H2,1-5H3,(H,20,22). The van der Waals surface area contributed by atoms with Gasteiger partial charge in [-0.25, -0.2) is 9.59 Å². The third-order valence-corrected chi connectivity index (χ3v) is 4.12. The second-order valence-corrected chi connectivity index (χ2v) is 7.40. The molecular formula is C19H28N2O4. The molecule has 138 valence electrons. The van der Waals surface area contributed by atoms with Gasteiger partial charge in [0.2, 0.25) is 0 Å². The average Bonchev–Trinajstić information content (AvgIpc) is 2.51. The zero-order valence-corrected chi connectivity index (χ0v) is 15.7. The lowest BCUT2D eigenvalue weighted by atomic mass is 9.88. The molecule has 0 saturated heterocycles. The SMILES string of the molecule is CCN(C)C(=O)Oc1ccc2c(c1)CC(NC(=O)OC(C)(C)C)CC2. The van der Waals surface area contributed by atoms with Crippen molar-refractivity contribution in [2.75, 3.05) is 13.6 Å². The van der Waals surface area contributed by atoms with Crippen LogP contribution in [-0.2, 0) is 17.6 Å². The van der Waals surface area contributed by atoms with Crippen molar-refractivity contribution in [2.24, 2.45) is 0 Å². The van der Waals surface area contributed by atoms with Crippen LogP contribution in [0.3, 0.4) is 0 Å². The number of carbonyl (C=O) groups is 2. The maximum Gasteiger partial charge on any atom is 0.414 e. The van der Waals surface area contributed by atoms with Gasteiger partial charge in [0, 0.05) is 19.6 Å². The predicted octanol–water partition coefficient (Wildman–Crippen LogP) is 3.52. The number of fused-ring (bicyclic) bond motifs is 1. The van der Waals surface area contributed by atoms with Crippen molar-refractivity contribution in [3.8, 4) is 5.75 Å². The Kier molecular flexibility index (Phi) is 5.93. The van der Waals surface area contributed by atoms with Gasteiger partial charge in [-0.2, -0.15) is 0 Å². The summed E-state index contributed by atoms with van der Waals surface area (Å²) in [5, 5.41) is 2.93. The van der Waals surface area contributed by atoms with Gasteiger partial charge >= 0.3 is 12.2 Å². The highest BCUT2D eigenvalue weighted by Gasteiger charge is 2.24.